The van der Waals surface area contributed by atoms with E-state index in [-0.39, 0.29) is 5.69 Å². The number of aromatic amines is 1. The lowest BCUT2D eigenvalue weighted by molar-refractivity contribution is -0.384. The third-order valence-corrected chi connectivity index (χ3v) is 3.96. The molecule has 3 rings (SSSR count). The van der Waals surface area contributed by atoms with Crippen molar-refractivity contribution in [2.45, 2.75) is 12.8 Å². The molecule has 21 heavy (non-hydrogen) atoms. The molecule has 1 aromatic carbocycles. The van der Waals surface area contributed by atoms with Gasteiger partial charge in [0.15, 0.2) is 0 Å². The number of rotatable bonds is 4. The lowest BCUT2D eigenvalue weighted by Crippen LogP contribution is -2.37. The Balaban J connectivity index is 1.78. The summed E-state index contributed by atoms with van der Waals surface area (Å²) in [7, 11) is 2.00. The van der Waals surface area contributed by atoms with Gasteiger partial charge in [-0.3, -0.25) is 10.1 Å². The Morgan fingerprint density at radius 2 is 2.38 bits per heavy atom. The van der Waals surface area contributed by atoms with Crippen LogP contribution in [0.25, 0.3) is 11.0 Å². The van der Waals surface area contributed by atoms with Gasteiger partial charge in [-0.25, -0.2) is 4.98 Å². The number of nitro benzene ring substituents is 1. The van der Waals surface area contributed by atoms with Gasteiger partial charge in [0.05, 0.1) is 16.0 Å². The van der Waals surface area contributed by atoms with E-state index in [1.807, 2.05) is 7.05 Å². The molecule has 0 unspecified atom stereocenters. The van der Waals surface area contributed by atoms with Crippen molar-refractivity contribution in [3.8, 4) is 0 Å². The first kappa shape index (κ1) is 13.8. The van der Waals surface area contributed by atoms with Gasteiger partial charge in [-0.05, 0) is 37.9 Å². The van der Waals surface area contributed by atoms with Crippen LogP contribution in [-0.4, -0.2) is 41.6 Å². The fraction of sp³-hybridized carbons (Fsp3) is 0.500. The highest BCUT2D eigenvalue weighted by atomic mass is 16.6. The number of fused-ring (bicyclic) bond motifs is 1. The van der Waals surface area contributed by atoms with E-state index in [0.29, 0.717) is 11.4 Å². The second-order valence-electron chi connectivity index (χ2n) is 5.61. The van der Waals surface area contributed by atoms with Crippen LogP contribution in [0.5, 0.6) is 0 Å². The fourth-order valence-electron chi connectivity index (χ4n) is 2.83. The number of anilines is 1. The van der Waals surface area contributed by atoms with Crippen molar-refractivity contribution >= 4 is 22.7 Å². The second-order valence-corrected chi connectivity index (χ2v) is 5.61. The summed E-state index contributed by atoms with van der Waals surface area (Å²) < 4.78 is 0. The zero-order chi connectivity index (χ0) is 14.8. The molecule has 0 amide bonds. The molecule has 1 atom stereocenters. The summed E-state index contributed by atoms with van der Waals surface area (Å²) in [4.78, 5) is 20.2. The number of benzene rings is 1. The van der Waals surface area contributed by atoms with E-state index in [1.54, 1.807) is 6.07 Å². The number of hydrogen-bond acceptors (Lipinski definition) is 5. The van der Waals surface area contributed by atoms with Crippen LogP contribution in [0.1, 0.15) is 12.8 Å². The zero-order valence-electron chi connectivity index (χ0n) is 12.0. The van der Waals surface area contributed by atoms with Crippen LogP contribution in [-0.2, 0) is 0 Å². The van der Waals surface area contributed by atoms with Crippen molar-refractivity contribution in [1.82, 2.24) is 15.3 Å². The number of non-ortho nitro benzene ring substituents is 1. The maximum atomic E-state index is 10.8. The number of aromatic nitrogens is 2. The van der Waals surface area contributed by atoms with Gasteiger partial charge in [0, 0.05) is 25.7 Å². The van der Waals surface area contributed by atoms with E-state index in [4.69, 9.17) is 0 Å². The highest BCUT2D eigenvalue weighted by Crippen LogP contribution is 2.22. The summed E-state index contributed by atoms with van der Waals surface area (Å²) in [6, 6.07) is 4.70. The van der Waals surface area contributed by atoms with Crippen molar-refractivity contribution < 1.29 is 4.92 Å². The van der Waals surface area contributed by atoms with Crippen LogP contribution >= 0.6 is 0 Å². The van der Waals surface area contributed by atoms with Gasteiger partial charge in [0.25, 0.3) is 5.69 Å². The molecule has 1 aliphatic heterocycles. The molecule has 2 N–H and O–H groups in total. The topological polar surface area (TPSA) is 87.1 Å². The minimum atomic E-state index is -0.392. The van der Waals surface area contributed by atoms with E-state index in [9.17, 15) is 10.1 Å². The van der Waals surface area contributed by atoms with Gasteiger partial charge in [-0.15, -0.1) is 0 Å². The molecule has 1 aliphatic rings. The van der Waals surface area contributed by atoms with E-state index < -0.39 is 4.92 Å². The predicted molar refractivity (Wildman–Crippen MR) is 81.6 cm³/mol. The first-order valence-corrected chi connectivity index (χ1v) is 7.19. The molecule has 1 aromatic heterocycles. The predicted octanol–water partition coefficient (Wildman–Crippen LogP) is 1.91. The molecule has 112 valence electrons. The molecule has 2 aromatic rings. The second kappa shape index (κ2) is 5.69. The quantitative estimate of drug-likeness (QED) is 0.663. The van der Waals surface area contributed by atoms with Crippen molar-refractivity contribution in [3.63, 3.8) is 0 Å². The Morgan fingerprint density at radius 1 is 1.52 bits per heavy atom. The zero-order valence-corrected chi connectivity index (χ0v) is 12.0. The molecule has 7 nitrogen and oxygen atoms in total. The number of nitrogens with one attached hydrogen (secondary N) is 2. The van der Waals surface area contributed by atoms with Crippen molar-refractivity contribution in [1.29, 1.82) is 0 Å². The molecule has 1 fully saturated rings. The first-order chi connectivity index (χ1) is 10.1. The van der Waals surface area contributed by atoms with Gasteiger partial charge in [0.2, 0.25) is 5.95 Å². The van der Waals surface area contributed by atoms with Gasteiger partial charge in [-0.2, -0.15) is 0 Å². The minimum absolute atomic E-state index is 0.0804. The SMILES string of the molecule is CN(C[C@@H]1CCCNC1)c1nc2ccc([N+](=O)[O-])cc2[nH]1. The smallest absolute Gasteiger partial charge is 0.271 e. The van der Waals surface area contributed by atoms with Crippen molar-refractivity contribution in [3.05, 3.63) is 28.3 Å². The van der Waals surface area contributed by atoms with Gasteiger partial charge in [0.1, 0.15) is 0 Å². The lowest BCUT2D eigenvalue weighted by atomic mass is 9.99. The maximum Gasteiger partial charge on any atom is 0.271 e. The number of hydrogen-bond donors (Lipinski definition) is 2. The molecule has 0 aliphatic carbocycles. The Hall–Kier alpha value is -2.15. The van der Waals surface area contributed by atoms with Crippen LogP contribution in [0, 0.1) is 16.0 Å². The Bertz CT molecular complexity index is 648. The third kappa shape index (κ3) is 2.97. The van der Waals surface area contributed by atoms with Crippen LogP contribution in [0.15, 0.2) is 18.2 Å². The Kier molecular flexibility index (Phi) is 3.74. The van der Waals surface area contributed by atoms with Crippen LogP contribution in [0.3, 0.4) is 0 Å². The molecule has 0 spiro atoms. The summed E-state index contributed by atoms with van der Waals surface area (Å²) in [6.45, 7) is 3.07. The van der Waals surface area contributed by atoms with Crippen LogP contribution in [0.4, 0.5) is 11.6 Å². The number of H-pyrrole nitrogens is 1. The van der Waals surface area contributed by atoms with E-state index in [2.05, 4.69) is 20.2 Å². The molecule has 2 heterocycles. The normalized spacial score (nSPS) is 18.8. The lowest BCUT2D eigenvalue weighted by Gasteiger charge is -2.27. The average molecular weight is 289 g/mol. The highest BCUT2D eigenvalue weighted by Gasteiger charge is 2.17. The van der Waals surface area contributed by atoms with Crippen molar-refractivity contribution in [2.24, 2.45) is 5.92 Å². The van der Waals surface area contributed by atoms with Gasteiger partial charge >= 0.3 is 0 Å². The molecule has 0 saturated carbocycles. The van der Waals surface area contributed by atoms with Crippen LogP contribution < -0.4 is 10.2 Å². The fourth-order valence-corrected chi connectivity index (χ4v) is 2.83. The number of imidazole rings is 1. The van der Waals surface area contributed by atoms with E-state index in [1.165, 1.54) is 25.0 Å². The van der Waals surface area contributed by atoms with Crippen molar-refractivity contribution in [2.75, 3.05) is 31.6 Å². The summed E-state index contributed by atoms with van der Waals surface area (Å²) >= 11 is 0. The maximum absolute atomic E-state index is 10.8. The molecule has 0 bridgehead atoms. The number of nitrogens with zero attached hydrogens (tertiary/aromatic N) is 3. The summed E-state index contributed by atoms with van der Waals surface area (Å²) in [5, 5.41) is 14.2. The van der Waals surface area contributed by atoms with Gasteiger partial charge in [-0.1, -0.05) is 0 Å². The molecular weight excluding hydrogens is 270 g/mol. The van der Waals surface area contributed by atoms with Gasteiger partial charge < -0.3 is 15.2 Å². The summed E-state index contributed by atoms with van der Waals surface area (Å²) in [5.74, 6) is 1.38. The monoisotopic (exact) mass is 289 g/mol. The molecular formula is C14H19N5O2. The Morgan fingerprint density at radius 3 is 3.10 bits per heavy atom. The standard InChI is InChI=1S/C14H19N5O2/c1-18(9-10-3-2-6-15-8-10)14-16-12-5-4-11(19(20)21)7-13(12)17-14/h4-5,7,10,15H,2-3,6,8-9H2,1H3,(H,16,17)/t10-/m1/s1. The highest BCUT2D eigenvalue weighted by molar-refractivity contribution is 5.80. The number of nitro groups is 1. The van der Waals surface area contributed by atoms with E-state index >= 15 is 0 Å². The largest absolute Gasteiger partial charge is 0.345 e. The molecule has 1 saturated heterocycles. The molecule has 7 heteroatoms. The minimum Gasteiger partial charge on any atom is -0.345 e. The summed E-state index contributed by atoms with van der Waals surface area (Å²) in [5.41, 5.74) is 1.54. The van der Waals surface area contributed by atoms with E-state index in [0.717, 1.165) is 31.1 Å². The first-order valence-electron chi connectivity index (χ1n) is 7.19. The van der Waals surface area contributed by atoms with Crippen LogP contribution in [0.2, 0.25) is 0 Å². The third-order valence-electron chi connectivity index (χ3n) is 3.96. The number of piperidine rings is 1. The average Bonchev–Trinajstić information content (AvgIpc) is 2.91. The Labute approximate surface area is 122 Å². The molecule has 0 radical (unpaired) electrons. The summed E-state index contributed by atoms with van der Waals surface area (Å²) in [6.07, 6.45) is 2.44.